The highest BCUT2D eigenvalue weighted by molar-refractivity contribution is 8.34. The minimum absolute atomic E-state index is 0.651. The molecule has 0 bridgehead atoms. The summed E-state index contributed by atoms with van der Waals surface area (Å²) in [4.78, 5) is 0. The van der Waals surface area contributed by atoms with Gasteiger partial charge in [0.05, 0.1) is 4.24 Å². The van der Waals surface area contributed by atoms with Crippen molar-refractivity contribution in [3.63, 3.8) is 0 Å². The van der Waals surface area contributed by atoms with Crippen LogP contribution in [-0.4, -0.2) is 12.4 Å². The molecule has 6 heteroatoms. The minimum Gasteiger partial charge on any atom is -0.308 e. The molecule has 0 atom stereocenters. The second-order valence-electron chi connectivity index (χ2n) is 3.87. The van der Waals surface area contributed by atoms with Crippen molar-refractivity contribution in [2.75, 3.05) is 0 Å². The molecular formula is C14H10N2S4. The van der Waals surface area contributed by atoms with Crippen LogP contribution in [-0.2, 0) is 0 Å². The molecule has 0 amide bonds. The van der Waals surface area contributed by atoms with E-state index in [1.165, 1.54) is 30.3 Å². The summed E-state index contributed by atoms with van der Waals surface area (Å²) < 4.78 is 6.05. The summed E-state index contributed by atoms with van der Waals surface area (Å²) in [6, 6.07) is 8.37. The van der Waals surface area contributed by atoms with E-state index in [9.17, 15) is 0 Å². The molecule has 1 aliphatic rings. The van der Waals surface area contributed by atoms with Gasteiger partial charge in [0, 0.05) is 36.1 Å². The van der Waals surface area contributed by atoms with Gasteiger partial charge in [0.1, 0.15) is 0 Å². The Kier molecular flexibility index (Phi) is 4.26. The summed E-state index contributed by atoms with van der Waals surface area (Å²) in [5.74, 6) is 0. The lowest BCUT2D eigenvalue weighted by Gasteiger charge is -1.87. The molecule has 0 saturated heterocycles. The van der Waals surface area contributed by atoms with Crippen LogP contribution in [0.5, 0.6) is 0 Å². The van der Waals surface area contributed by atoms with Crippen molar-refractivity contribution in [1.29, 1.82) is 10.8 Å². The lowest BCUT2D eigenvalue weighted by molar-refractivity contribution is 1.56. The van der Waals surface area contributed by atoms with Crippen LogP contribution in [0.2, 0.25) is 0 Å². The standard InChI is InChI=1S/C14H10N2S4/c15-7-9(8-16)10-1-2-11(19-10)12-3-4-13(20-12)14-17-5-6-18-14/h1-8,15-16H/b10-9?,12-11+,15-7?,16-8?. The van der Waals surface area contributed by atoms with Gasteiger partial charge in [-0.25, -0.2) is 0 Å². The SMILES string of the molecule is N=CC(C=N)=c1cc/c(=c2/ccc(=C3SC=CS3)s2)s1. The molecule has 2 N–H and O–H groups in total. The first-order chi connectivity index (χ1) is 9.81. The van der Waals surface area contributed by atoms with Crippen molar-refractivity contribution in [2.24, 2.45) is 0 Å². The molecule has 0 radical (unpaired) electrons. The molecule has 1 aliphatic heterocycles. The first kappa shape index (κ1) is 13.9. The molecule has 2 aromatic rings. The van der Waals surface area contributed by atoms with Gasteiger partial charge in [0.15, 0.2) is 0 Å². The van der Waals surface area contributed by atoms with E-state index in [1.807, 2.05) is 6.07 Å². The van der Waals surface area contributed by atoms with Crippen LogP contribution in [0.25, 0.3) is 9.81 Å². The molecule has 3 heterocycles. The second-order valence-corrected chi connectivity index (χ2v) is 8.13. The summed E-state index contributed by atoms with van der Waals surface area (Å²) in [6.07, 6.45) is 2.46. The Morgan fingerprint density at radius 3 is 2.10 bits per heavy atom. The quantitative estimate of drug-likeness (QED) is 0.825. The maximum Gasteiger partial charge on any atom is 0.0659 e. The zero-order chi connectivity index (χ0) is 13.9. The van der Waals surface area contributed by atoms with Crippen molar-refractivity contribution in [3.8, 4) is 0 Å². The number of hydrogen-bond donors (Lipinski definition) is 2. The number of thioether (sulfide) groups is 2. The number of nitrogens with one attached hydrogen (secondary N) is 2. The molecule has 0 aromatic carbocycles. The summed E-state index contributed by atoms with van der Waals surface area (Å²) in [7, 11) is 0. The third-order valence-corrected chi connectivity index (χ3v) is 7.51. The van der Waals surface area contributed by atoms with E-state index >= 15 is 0 Å². The van der Waals surface area contributed by atoms with E-state index in [0.717, 1.165) is 4.53 Å². The van der Waals surface area contributed by atoms with Crippen LogP contribution in [0.3, 0.4) is 0 Å². The van der Waals surface area contributed by atoms with Gasteiger partial charge in [-0.3, -0.25) is 0 Å². The Bertz CT molecular complexity index is 882. The molecule has 0 unspecified atom stereocenters. The van der Waals surface area contributed by atoms with Crippen LogP contribution >= 0.6 is 46.2 Å². The second kappa shape index (κ2) is 6.13. The highest BCUT2D eigenvalue weighted by Crippen LogP contribution is 2.38. The fraction of sp³-hybridized carbons (Fsp3) is 0. The van der Waals surface area contributed by atoms with E-state index in [2.05, 4.69) is 29.0 Å². The third kappa shape index (κ3) is 2.69. The average molecular weight is 335 g/mol. The fourth-order valence-corrected chi connectivity index (χ4v) is 5.79. The summed E-state index contributed by atoms with van der Waals surface area (Å²) in [5.41, 5.74) is 0.651. The third-order valence-electron chi connectivity index (χ3n) is 2.66. The Morgan fingerprint density at radius 1 is 0.800 bits per heavy atom. The van der Waals surface area contributed by atoms with Gasteiger partial charge >= 0.3 is 0 Å². The predicted octanol–water partition coefficient (Wildman–Crippen LogP) is 3.56. The number of rotatable bonds is 2. The van der Waals surface area contributed by atoms with Crippen LogP contribution in [0.1, 0.15) is 0 Å². The molecule has 0 aliphatic carbocycles. The normalized spacial score (nSPS) is 15.5. The van der Waals surface area contributed by atoms with E-state index in [4.69, 9.17) is 10.8 Å². The Morgan fingerprint density at radius 2 is 1.40 bits per heavy atom. The number of thiophene rings is 2. The van der Waals surface area contributed by atoms with Gasteiger partial charge in [-0.2, -0.15) is 0 Å². The van der Waals surface area contributed by atoms with Crippen LogP contribution in [0, 0.1) is 19.9 Å². The van der Waals surface area contributed by atoms with Crippen molar-refractivity contribution >= 4 is 68.4 Å². The van der Waals surface area contributed by atoms with Crippen LogP contribution in [0.4, 0.5) is 0 Å². The van der Waals surface area contributed by atoms with E-state index in [0.29, 0.717) is 5.57 Å². The smallest absolute Gasteiger partial charge is 0.0659 e. The van der Waals surface area contributed by atoms with Gasteiger partial charge in [-0.05, 0) is 35.1 Å². The van der Waals surface area contributed by atoms with Gasteiger partial charge in [-0.1, -0.05) is 23.5 Å². The fourth-order valence-electron chi connectivity index (χ4n) is 1.71. The lowest BCUT2D eigenvalue weighted by atomic mass is 10.3. The van der Waals surface area contributed by atoms with E-state index in [-0.39, 0.29) is 0 Å². The molecule has 3 rings (SSSR count). The van der Waals surface area contributed by atoms with Crippen molar-refractivity contribution in [1.82, 2.24) is 0 Å². The highest BCUT2D eigenvalue weighted by atomic mass is 32.2. The minimum atomic E-state index is 0.651. The van der Waals surface area contributed by atoms with Crippen molar-refractivity contribution in [2.45, 2.75) is 0 Å². The van der Waals surface area contributed by atoms with Crippen molar-refractivity contribution < 1.29 is 0 Å². The Balaban J connectivity index is 2.22. The predicted molar refractivity (Wildman–Crippen MR) is 94.3 cm³/mol. The maximum absolute atomic E-state index is 7.31. The summed E-state index contributed by atoms with van der Waals surface area (Å²) >= 11 is 6.96. The molecule has 20 heavy (non-hydrogen) atoms. The largest absolute Gasteiger partial charge is 0.308 e. The summed E-state index contributed by atoms with van der Waals surface area (Å²) in [6.45, 7) is 0. The van der Waals surface area contributed by atoms with E-state index in [1.54, 1.807) is 46.2 Å². The van der Waals surface area contributed by atoms with E-state index < -0.39 is 0 Å². The van der Waals surface area contributed by atoms with Gasteiger partial charge in [0.2, 0.25) is 0 Å². The van der Waals surface area contributed by atoms with Gasteiger partial charge < -0.3 is 10.8 Å². The monoisotopic (exact) mass is 334 g/mol. The molecule has 100 valence electrons. The van der Waals surface area contributed by atoms with Crippen LogP contribution < -0.4 is 9.06 Å². The van der Waals surface area contributed by atoms with Crippen molar-refractivity contribution in [3.05, 3.63) is 53.2 Å². The Labute approximate surface area is 132 Å². The molecule has 2 aromatic heterocycles. The Hall–Kier alpha value is -1.08. The van der Waals surface area contributed by atoms with Gasteiger partial charge in [0.25, 0.3) is 0 Å². The zero-order valence-corrected chi connectivity index (χ0v) is 13.5. The summed E-state index contributed by atoms with van der Waals surface area (Å²) in [5, 5.41) is 18.8. The molecule has 2 nitrogen and oxygen atoms in total. The number of hydrogen-bond acceptors (Lipinski definition) is 6. The average Bonchev–Trinajstić information content (AvgIpc) is 3.20. The maximum atomic E-state index is 7.31. The zero-order valence-electron chi connectivity index (χ0n) is 10.3. The topological polar surface area (TPSA) is 47.7 Å². The molecular weight excluding hydrogens is 324 g/mol. The molecule has 0 saturated carbocycles. The first-order valence-electron chi connectivity index (χ1n) is 5.76. The highest BCUT2D eigenvalue weighted by Gasteiger charge is 2.03. The van der Waals surface area contributed by atoms with Gasteiger partial charge in [-0.15, -0.1) is 22.7 Å². The first-order valence-corrected chi connectivity index (χ1v) is 9.15. The molecule has 0 fully saturated rings. The lowest BCUT2D eigenvalue weighted by Crippen LogP contribution is -2.00. The molecule has 0 spiro atoms. The van der Waals surface area contributed by atoms with Crippen LogP contribution in [0.15, 0.2) is 35.1 Å².